The van der Waals surface area contributed by atoms with Gasteiger partial charge in [0.25, 0.3) is 0 Å². The summed E-state index contributed by atoms with van der Waals surface area (Å²) in [6.07, 6.45) is 5.55. The zero-order valence-corrected chi connectivity index (χ0v) is 5.95. The molecule has 0 aromatic carbocycles. The van der Waals surface area contributed by atoms with Crippen molar-refractivity contribution in [3.05, 3.63) is 12.7 Å². The topological polar surface area (TPSA) is 49.3 Å². The van der Waals surface area contributed by atoms with Gasteiger partial charge in [0, 0.05) is 0 Å². The quantitative estimate of drug-likeness (QED) is 0.311. The molecular formula is C8H9NO2. The van der Waals surface area contributed by atoms with Gasteiger partial charge in [-0.1, -0.05) is 12.0 Å². The molecule has 1 rings (SSSR count). The van der Waals surface area contributed by atoms with E-state index in [4.69, 9.17) is 6.42 Å². The van der Waals surface area contributed by atoms with E-state index in [0.717, 1.165) is 0 Å². The lowest BCUT2D eigenvalue weighted by Crippen LogP contribution is -2.61. The molecule has 1 aliphatic rings. The Kier molecular flexibility index (Phi) is 1.97. The molecule has 0 aromatic heterocycles. The molecule has 0 aliphatic carbocycles. The molecule has 2 unspecified atom stereocenters. The van der Waals surface area contributed by atoms with Gasteiger partial charge >= 0.3 is 0 Å². The van der Waals surface area contributed by atoms with Crippen LogP contribution in [-0.4, -0.2) is 23.2 Å². The molecule has 3 heteroatoms. The minimum absolute atomic E-state index is 0.208. The van der Waals surface area contributed by atoms with Crippen LogP contribution in [0.4, 0.5) is 0 Å². The van der Waals surface area contributed by atoms with Gasteiger partial charge in [-0.15, -0.1) is 13.0 Å². The lowest BCUT2D eigenvalue weighted by atomic mass is 9.86. The van der Waals surface area contributed by atoms with E-state index in [-0.39, 0.29) is 11.9 Å². The number of carbonyl (C=O) groups is 1. The van der Waals surface area contributed by atoms with Crippen molar-refractivity contribution in [1.82, 2.24) is 5.32 Å². The van der Waals surface area contributed by atoms with Crippen LogP contribution in [0.5, 0.6) is 0 Å². The van der Waals surface area contributed by atoms with Crippen molar-refractivity contribution in [2.75, 3.05) is 0 Å². The first-order valence-corrected chi connectivity index (χ1v) is 3.28. The molecule has 0 saturated carbocycles. The first kappa shape index (κ1) is 7.83. The van der Waals surface area contributed by atoms with Crippen LogP contribution in [0, 0.1) is 18.3 Å². The normalized spacial score (nSPS) is 31.1. The summed E-state index contributed by atoms with van der Waals surface area (Å²) in [4.78, 5) is 10.8. The monoisotopic (exact) mass is 151 g/mol. The molecule has 1 fully saturated rings. The van der Waals surface area contributed by atoms with Crippen LogP contribution in [0.25, 0.3) is 0 Å². The molecule has 3 atom stereocenters. The second-order valence-electron chi connectivity index (χ2n) is 2.41. The molecule has 0 bridgehead atoms. The Morgan fingerprint density at radius 1 is 1.91 bits per heavy atom. The number of nitrogens with one attached hydrogen (secondary N) is 1. The van der Waals surface area contributed by atoms with Crippen molar-refractivity contribution in [2.24, 2.45) is 5.92 Å². The third kappa shape index (κ3) is 1.13. The van der Waals surface area contributed by atoms with E-state index in [2.05, 4.69) is 17.8 Å². The number of β-lactam (4-membered cyclic amide) rings is 1. The maximum atomic E-state index is 10.8. The highest BCUT2D eigenvalue weighted by Gasteiger charge is 2.41. The number of amides is 1. The first-order chi connectivity index (χ1) is 5.20. The summed E-state index contributed by atoms with van der Waals surface area (Å²) >= 11 is 0. The molecule has 1 amide bonds. The Hall–Kier alpha value is -1.27. The van der Waals surface area contributed by atoms with E-state index in [1.54, 1.807) is 0 Å². The van der Waals surface area contributed by atoms with Crippen molar-refractivity contribution in [1.29, 1.82) is 0 Å². The molecule has 1 heterocycles. The van der Waals surface area contributed by atoms with Crippen molar-refractivity contribution in [2.45, 2.75) is 12.1 Å². The lowest BCUT2D eigenvalue weighted by molar-refractivity contribution is -0.137. The number of aliphatic hydroxyl groups excluding tert-OH is 1. The van der Waals surface area contributed by atoms with Crippen LogP contribution in [-0.2, 0) is 4.79 Å². The summed E-state index contributed by atoms with van der Waals surface area (Å²) in [5.41, 5.74) is 0. The van der Waals surface area contributed by atoms with E-state index in [1.807, 2.05) is 0 Å². The number of rotatable bonds is 2. The summed E-state index contributed by atoms with van der Waals surface area (Å²) in [7, 11) is 0. The van der Waals surface area contributed by atoms with Crippen LogP contribution in [0.15, 0.2) is 12.7 Å². The average Bonchev–Trinajstić information content (AvgIpc) is 1.99. The lowest BCUT2D eigenvalue weighted by Gasteiger charge is -2.34. The maximum absolute atomic E-state index is 10.8. The Morgan fingerprint density at radius 2 is 2.55 bits per heavy atom. The number of hydrogen-bond acceptors (Lipinski definition) is 2. The fraction of sp³-hybridized carbons (Fsp3) is 0.375. The summed E-state index contributed by atoms with van der Waals surface area (Å²) < 4.78 is 0. The Morgan fingerprint density at radius 3 is 2.91 bits per heavy atom. The largest absolute Gasteiger partial charge is 0.388 e. The third-order valence-electron chi connectivity index (χ3n) is 1.75. The van der Waals surface area contributed by atoms with E-state index < -0.39 is 12.0 Å². The fourth-order valence-corrected chi connectivity index (χ4v) is 1.04. The van der Waals surface area contributed by atoms with Gasteiger partial charge < -0.3 is 10.4 Å². The molecule has 0 aromatic rings. The SMILES string of the molecule is C#CC1NC(=O)C1[C@H](O)C=C. The average molecular weight is 151 g/mol. The van der Waals surface area contributed by atoms with Crippen molar-refractivity contribution in [3.8, 4) is 12.3 Å². The Bertz CT molecular complexity index is 229. The number of hydrogen-bond donors (Lipinski definition) is 2. The molecule has 1 saturated heterocycles. The van der Waals surface area contributed by atoms with E-state index >= 15 is 0 Å². The van der Waals surface area contributed by atoms with Gasteiger partial charge in [-0.25, -0.2) is 0 Å². The smallest absolute Gasteiger partial charge is 0.230 e. The van der Waals surface area contributed by atoms with Crippen molar-refractivity contribution in [3.63, 3.8) is 0 Å². The highest BCUT2D eigenvalue weighted by atomic mass is 16.3. The molecule has 58 valence electrons. The minimum Gasteiger partial charge on any atom is -0.388 e. The number of aliphatic hydroxyl groups is 1. The number of terminal acetylenes is 1. The predicted molar refractivity (Wildman–Crippen MR) is 40.5 cm³/mol. The summed E-state index contributed by atoms with van der Waals surface area (Å²) in [5.74, 6) is 1.65. The van der Waals surface area contributed by atoms with Gasteiger partial charge in [-0.3, -0.25) is 4.79 Å². The Balaban J connectivity index is 2.63. The van der Waals surface area contributed by atoms with Gasteiger partial charge in [0.1, 0.15) is 6.04 Å². The van der Waals surface area contributed by atoms with E-state index in [0.29, 0.717) is 0 Å². The summed E-state index contributed by atoms with van der Waals surface area (Å²) in [5, 5.41) is 11.7. The summed E-state index contributed by atoms with van der Waals surface area (Å²) in [6, 6.07) is -0.338. The van der Waals surface area contributed by atoms with Crippen LogP contribution in [0.3, 0.4) is 0 Å². The van der Waals surface area contributed by atoms with Gasteiger partial charge in [-0.05, 0) is 0 Å². The van der Waals surface area contributed by atoms with E-state index in [1.165, 1.54) is 6.08 Å². The van der Waals surface area contributed by atoms with Crippen LogP contribution in [0.1, 0.15) is 0 Å². The molecule has 2 N–H and O–H groups in total. The van der Waals surface area contributed by atoms with Crippen LogP contribution in [0.2, 0.25) is 0 Å². The second kappa shape index (κ2) is 2.77. The van der Waals surface area contributed by atoms with Gasteiger partial charge in [0.15, 0.2) is 0 Å². The molecule has 3 nitrogen and oxygen atoms in total. The van der Waals surface area contributed by atoms with Crippen LogP contribution < -0.4 is 5.32 Å². The zero-order valence-electron chi connectivity index (χ0n) is 5.95. The maximum Gasteiger partial charge on any atom is 0.230 e. The number of carbonyl (C=O) groups excluding carboxylic acids is 1. The second-order valence-corrected chi connectivity index (χ2v) is 2.41. The van der Waals surface area contributed by atoms with Crippen molar-refractivity contribution < 1.29 is 9.90 Å². The molecular weight excluding hydrogens is 142 g/mol. The predicted octanol–water partition coefficient (Wildman–Crippen LogP) is -0.719. The van der Waals surface area contributed by atoms with Gasteiger partial charge in [0.05, 0.1) is 12.0 Å². The van der Waals surface area contributed by atoms with Crippen molar-refractivity contribution >= 4 is 5.91 Å². The fourth-order valence-electron chi connectivity index (χ4n) is 1.04. The van der Waals surface area contributed by atoms with Crippen LogP contribution >= 0.6 is 0 Å². The summed E-state index contributed by atoms with van der Waals surface area (Å²) in [6.45, 7) is 3.37. The van der Waals surface area contributed by atoms with E-state index in [9.17, 15) is 9.90 Å². The molecule has 11 heavy (non-hydrogen) atoms. The third-order valence-corrected chi connectivity index (χ3v) is 1.75. The molecule has 0 radical (unpaired) electrons. The Labute approximate surface area is 65.1 Å². The zero-order chi connectivity index (χ0) is 8.43. The van der Waals surface area contributed by atoms with Gasteiger partial charge in [0.2, 0.25) is 5.91 Å². The minimum atomic E-state index is -0.829. The first-order valence-electron chi connectivity index (χ1n) is 3.28. The van der Waals surface area contributed by atoms with Gasteiger partial charge in [-0.2, -0.15) is 0 Å². The highest BCUT2D eigenvalue weighted by Crippen LogP contribution is 2.18. The standard InChI is InChI=1S/C8H9NO2/c1-3-5-7(6(10)4-2)8(11)9-5/h1,4-7,10H,2H2,(H,9,11)/t5?,6-,7?/m1/s1. The highest BCUT2D eigenvalue weighted by molar-refractivity contribution is 5.87. The molecule has 0 spiro atoms. The molecule has 1 aliphatic heterocycles.